The summed E-state index contributed by atoms with van der Waals surface area (Å²) in [4.78, 5) is 0. The predicted octanol–water partition coefficient (Wildman–Crippen LogP) is 0.511. The third-order valence-corrected chi connectivity index (χ3v) is 2.14. The van der Waals surface area contributed by atoms with Crippen molar-refractivity contribution in [1.82, 2.24) is 5.32 Å². The summed E-state index contributed by atoms with van der Waals surface area (Å²) in [5, 5.41) is 14.3. The highest BCUT2D eigenvalue weighted by Gasteiger charge is 2.23. The molecule has 0 amide bonds. The Morgan fingerprint density at radius 1 is 1.75 bits per heavy atom. The normalized spacial score (nSPS) is 20.9. The van der Waals surface area contributed by atoms with E-state index in [9.17, 15) is 0 Å². The van der Waals surface area contributed by atoms with Crippen LogP contribution in [0.2, 0.25) is 0 Å². The average molecular weight is 171 g/mol. The molecule has 1 saturated carbocycles. The molecule has 0 aromatic carbocycles. The van der Waals surface area contributed by atoms with Gasteiger partial charge in [0.2, 0.25) is 0 Å². The Bertz CT molecular complexity index is 166. The number of nitrogens with two attached hydrogens (primary N) is 1. The van der Waals surface area contributed by atoms with Crippen LogP contribution in [-0.2, 0) is 0 Å². The molecule has 1 fully saturated rings. The highest BCUT2D eigenvalue weighted by atomic mass is 16.4. The van der Waals surface area contributed by atoms with Gasteiger partial charge in [0.15, 0.2) is 5.84 Å². The maximum Gasteiger partial charge on any atom is 0.153 e. The summed E-state index contributed by atoms with van der Waals surface area (Å²) in [5.41, 5.74) is 5.31. The van der Waals surface area contributed by atoms with E-state index in [1.54, 1.807) is 0 Å². The molecule has 1 aliphatic rings. The van der Waals surface area contributed by atoms with Crippen LogP contribution in [0.5, 0.6) is 0 Å². The van der Waals surface area contributed by atoms with Gasteiger partial charge >= 0.3 is 0 Å². The van der Waals surface area contributed by atoms with E-state index in [-0.39, 0.29) is 5.84 Å². The zero-order chi connectivity index (χ0) is 8.97. The van der Waals surface area contributed by atoms with Gasteiger partial charge in [0.1, 0.15) is 0 Å². The van der Waals surface area contributed by atoms with Crippen LogP contribution >= 0.6 is 0 Å². The number of hydrogen-bond acceptors (Lipinski definition) is 3. The van der Waals surface area contributed by atoms with Gasteiger partial charge in [-0.25, -0.2) is 0 Å². The summed E-state index contributed by atoms with van der Waals surface area (Å²) >= 11 is 0. The first-order valence-corrected chi connectivity index (χ1v) is 4.42. The first-order valence-electron chi connectivity index (χ1n) is 4.42. The smallest absolute Gasteiger partial charge is 0.153 e. The fraction of sp³-hybridized carbons (Fsp3) is 0.875. The zero-order valence-electron chi connectivity index (χ0n) is 7.45. The summed E-state index contributed by atoms with van der Waals surface area (Å²) in [7, 11) is 0. The molecule has 4 nitrogen and oxygen atoms in total. The Kier molecular flexibility index (Phi) is 3.34. The van der Waals surface area contributed by atoms with Crippen molar-refractivity contribution in [2.75, 3.05) is 6.54 Å². The molecule has 0 heterocycles. The van der Waals surface area contributed by atoms with Crippen molar-refractivity contribution in [3.63, 3.8) is 0 Å². The van der Waals surface area contributed by atoms with Crippen LogP contribution in [0.1, 0.15) is 26.2 Å². The molecule has 12 heavy (non-hydrogen) atoms. The van der Waals surface area contributed by atoms with Crippen molar-refractivity contribution < 1.29 is 5.21 Å². The van der Waals surface area contributed by atoms with E-state index in [1.165, 1.54) is 19.3 Å². The molecule has 1 aliphatic carbocycles. The second-order valence-electron chi connectivity index (χ2n) is 3.55. The van der Waals surface area contributed by atoms with Gasteiger partial charge in [0.05, 0.1) is 6.54 Å². The molecule has 0 spiro atoms. The first kappa shape index (κ1) is 9.32. The van der Waals surface area contributed by atoms with Crippen LogP contribution in [0.15, 0.2) is 5.16 Å². The molecular formula is C8H17N3O. The number of hydrogen-bond donors (Lipinski definition) is 3. The molecule has 1 rings (SSSR count). The van der Waals surface area contributed by atoms with Gasteiger partial charge in [-0.1, -0.05) is 18.0 Å². The molecule has 70 valence electrons. The highest BCUT2D eigenvalue weighted by molar-refractivity contribution is 5.81. The van der Waals surface area contributed by atoms with Gasteiger partial charge in [-0.15, -0.1) is 0 Å². The van der Waals surface area contributed by atoms with Gasteiger partial charge in [-0.05, 0) is 19.3 Å². The maximum atomic E-state index is 8.26. The lowest BCUT2D eigenvalue weighted by molar-refractivity contribution is 0.316. The molecular weight excluding hydrogens is 154 g/mol. The summed E-state index contributed by atoms with van der Waals surface area (Å²) in [6.07, 6.45) is 3.95. The second-order valence-corrected chi connectivity index (χ2v) is 3.55. The molecule has 0 saturated heterocycles. The topological polar surface area (TPSA) is 70.6 Å². The van der Waals surface area contributed by atoms with E-state index < -0.39 is 0 Å². The molecule has 0 aromatic heterocycles. The summed E-state index contributed by atoms with van der Waals surface area (Å²) in [6, 6.07) is 0.470. The van der Waals surface area contributed by atoms with E-state index in [4.69, 9.17) is 10.9 Å². The Morgan fingerprint density at radius 2 is 2.42 bits per heavy atom. The minimum atomic E-state index is 0.248. The lowest BCUT2D eigenvalue weighted by atomic mass is 10.1. The number of oxime groups is 1. The van der Waals surface area contributed by atoms with E-state index in [0.29, 0.717) is 12.6 Å². The summed E-state index contributed by atoms with van der Waals surface area (Å²) < 4.78 is 0. The maximum absolute atomic E-state index is 8.26. The van der Waals surface area contributed by atoms with Gasteiger partial charge in [-0.3, -0.25) is 0 Å². The van der Waals surface area contributed by atoms with Crippen LogP contribution in [0.3, 0.4) is 0 Å². The molecule has 0 bridgehead atoms. The number of nitrogens with one attached hydrogen (secondary N) is 1. The van der Waals surface area contributed by atoms with Gasteiger partial charge in [-0.2, -0.15) is 0 Å². The molecule has 4 heteroatoms. The van der Waals surface area contributed by atoms with Crippen LogP contribution in [0.25, 0.3) is 0 Å². The van der Waals surface area contributed by atoms with Gasteiger partial charge in [0, 0.05) is 6.04 Å². The van der Waals surface area contributed by atoms with E-state index >= 15 is 0 Å². The fourth-order valence-electron chi connectivity index (χ4n) is 1.25. The van der Waals surface area contributed by atoms with E-state index in [1.807, 2.05) is 0 Å². The lowest BCUT2D eigenvalue weighted by Gasteiger charge is -2.11. The lowest BCUT2D eigenvalue weighted by Crippen LogP contribution is -2.35. The first-order chi connectivity index (χ1) is 5.72. The van der Waals surface area contributed by atoms with Crippen LogP contribution in [0, 0.1) is 5.92 Å². The zero-order valence-corrected chi connectivity index (χ0v) is 7.45. The Balaban J connectivity index is 2.04. The van der Waals surface area contributed by atoms with Crippen molar-refractivity contribution in [1.29, 1.82) is 0 Å². The Morgan fingerprint density at radius 3 is 2.92 bits per heavy atom. The van der Waals surface area contributed by atoms with Crippen LogP contribution in [0.4, 0.5) is 0 Å². The SMILES string of the molecule is CC(CC1CC1)NCC(N)=NO. The molecule has 4 N–H and O–H groups in total. The van der Waals surface area contributed by atoms with Crippen LogP contribution < -0.4 is 11.1 Å². The quantitative estimate of drug-likeness (QED) is 0.244. The monoisotopic (exact) mass is 171 g/mol. The standard InChI is InChI=1S/C8H17N3O/c1-6(4-7-2-3-7)10-5-8(9)11-12/h6-7,10,12H,2-5H2,1H3,(H2,9,11). The molecule has 0 aliphatic heterocycles. The van der Waals surface area contributed by atoms with Crippen molar-refractivity contribution >= 4 is 5.84 Å². The largest absolute Gasteiger partial charge is 0.409 e. The molecule has 1 unspecified atom stereocenters. The van der Waals surface area contributed by atoms with Crippen molar-refractivity contribution in [2.45, 2.75) is 32.2 Å². The average Bonchev–Trinajstić information content (AvgIpc) is 2.84. The van der Waals surface area contributed by atoms with Crippen molar-refractivity contribution in [3.8, 4) is 0 Å². The Labute approximate surface area is 72.8 Å². The van der Waals surface area contributed by atoms with Crippen LogP contribution in [-0.4, -0.2) is 23.6 Å². The molecule has 1 atom stereocenters. The highest BCUT2D eigenvalue weighted by Crippen LogP contribution is 2.33. The third kappa shape index (κ3) is 3.57. The second kappa shape index (κ2) is 4.30. The number of nitrogens with zero attached hydrogens (tertiary/aromatic N) is 1. The van der Waals surface area contributed by atoms with E-state index in [2.05, 4.69) is 17.4 Å². The Hall–Kier alpha value is -0.770. The fourth-order valence-corrected chi connectivity index (χ4v) is 1.25. The number of rotatable bonds is 5. The van der Waals surface area contributed by atoms with E-state index in [0.717, 1.165) is 5.92 Å². The van der Waals surface area contributed by atoms with Gasteiger partial charge in [0.25, 0.3) is 0 Å². The predicted molar refractivity (Wildman–Crippen MR) is 48.2 cm³/mol. The third-order valence-electron chi connectivity index (χ3n) is 2.14. The van der Waals surface area contributed by atoms with Crippen molar-refractivity contribution in [2.24, 2.45) is 16.8 Å². The van der Waals surface area contributed by atoms with Crippen molar-refractivity contribution in [3.05, 3.63) is 0 Å². The molecule has 0 radical (unpaired) electrons. The summed E-state index contributed by atoms with van der Waals surface area (Å²) in [6.45, 7) is 2.60. The summed E-state index contributed by atoms with van der Waals surface area (Å²) in [5.74, 6) is 1.16. The van der Waals surface area contributed by atoms with Gasteiger partial charge < -0.3 is 16.3 Å². The number of amidine groups is 1. The minimum Gasteiger partial charge on any atom is -0.409 e. The molecule has 0 aromatic rings. The minimum absolute atomic E-state index is 0.248.